The average molecular weight is 210 g/mol. The topological polar surface area (TPSA) is 83.8 Å². The lowest BCUT2D eigenvalue weighted by Gasteiger charge is -2.24. The number of carbonyl (C=O) groups is 1. The third kappa shape index (κ3) is 2.79. The normalized spacial score (nSPS) is 14.6. The van der Waals surface area contributed by atoms with Gasteiger partial charge in [-0.25, -0.2) is 0 Å². The van der Waals surface area contributed by atoms with Gasteiger partial charge in [-0.3, -0.25) is 9.89 Å². The maximum Gasteiger partial charge on any atom is 0.227 e. The van der Waals surface area contributed by atoms with Gasteiger partial charge < -0.3 is 11.1 Å². The minimum atomic E-state index is -0.472. The summed E-state index contributed by atoms with van der Waals surface area (Å²) in [6.45, 7) is 4.66. The van der Waals surface area contributed by atoms with Gasteiger partial charge in [0.25, 0.3) is 0 Å². The zero-order chi connectivity index (χ0) is 11.3. The molecule has 0 saturated heterocycles. The number of H-pyrrole nitrogens is 1. The summed E-state index contributed by atoms with van der Waals surface area (Å²) in [5, 5.41) is 9.42. The van der Waals surface area contributed by atoms with Crippen LogP contribution in [0.15, 0.2) is 12.3 Å². The molecule has 0 radical (unpaired) electrons. The van der Waals surface area contributed by atoms with E-state index in [1.807, 2.05) is 19.9 Å². The fourth-order valence-corrected chi connectivity index (χ4v) is 1.17. The highest BCUT2D eigenvalue weighted by Gasteiger charge is 2.29. The van der Waals surface area contributed by atoms with Crippen LogP contribution in [0, 0.1) is 5.41 Å². The van der Waals surface area contributed by atoms with Crippen LogP contribution in [0.1, 0.15) is 26.0 Å². The minimum absolute atomic E-state index is 0.0119. The molecule has 0 bridgehead atoms. The van der Waals surface area contributed by atoms with Crippen molar-refractivity contribution in [1.82, 2.24) is 15.5 Å². The number of carbonyl (C=O) groups excluding carboxylic acids is 1. The van der Waals surface area contributed by atoms with E-state index in [0.717, 1.165) is 12.1 Å². The van der Waals surface area contributed by atoms with Crippen molar-refractivity contribution in [3.8, 4) is 0 Å². The molecule has 4 N–H and O–H groups in total. The van der Waals surface area contributed by atoms with Gasteiger partial charge in [0, 0.05) is 12.7 Å². The molecule has 1 rings (SSSR count). The lowest BCUT2D eigenvalue weighted by atomic mass is 9.87. The molecule has 5 nitrogen and oxygen atoms in total. The number of rotatable bonds is 5. The summed E-state index contributed by atoms with van der Waals surface area (Å²) in [4.78, 5) is 11.8. The van der Waals surface area contributed by atoms with E-state index in [2.05, 4.69) is 15.5 Å². The Morgan fingerprint density at radius 3 is 2.93 bits per heavy atom. The molecule has 15 heavy (non-hydrogen) atoms. The molecule has 1 amide bonds. The number of nitrogens with one attached hydrogen (secondary N) is 2. The lowest BCUT2D eigenvalue weighted by Crippen LogP contribution is -2.43. The molecule has 1 aromatic heterocycles. The first kappa shape index (κ1) is 11.7. The van der Waals surface area contributed by atoms with Crippen molar-refractivity contribution >= 4 is 5.91 Å². The molecule has 84 valence electrons. The van der Waals surface area contributed by atoms with E-state index in [1.165, 1.54) is 0 Å². The zero-order valence-corrected chi connectivity index (χ0v) is 9.21. The molecular weight excluding hydrogens is 192 g/mol. The van der Waals surface area contributed by atoms with Crippen molar-refractivity contribution in [2.24, 2.45) is 11.1 Å². The van der Waals surface area contributed by atoms with Crippen molar-refractivity contribution in [3.63, 3.8) is 0 Å². The highest BCUT2D eigenvalue weighted by molar-refractivity contribution is 5.82. The summed E-state index contributed by atoms with van der Waals surface area (Å²) in [6.07, 6.45) is 2.39. The molecule has 0 spiro atoms. The van der Waals surface area contributed by atoms with Crippen LogP contribution in [0.2, 0.25) is 0 Å². The number of hydrogen-bond acceptors (Lipinski definition) is 3. The van der Waals surface area contributed by atoms with E-state index in [-0.39, 0.29) is 5.91 Å². The van der Waals surface area contributed by atoms with Crippen molar-refractivity contribution in [2.45, 2.75) is 26.8 Å². The van der Waals surface area contributed by atoms with Gasteiger partial charge in [-0.05, 0) is 19.4 Å². The Bertz CT molecular complexity index is 303. The molecule has 0 aliphatic carbocycles. The molecule has 0 aromatic carbocycles. The van der Waals surface area contributed by atoms with Crippen LogP contribution >= 0.6 is 0 Å². The fourth-order valence-electron chi connectivity index (χ4n) is 1.17. The average Bonchev–Trinajstić information content (AvgIpc) is 2.77. The van der Waals surface area contributed by atoms with Crippen molar-refractivity contribution in [3.05, 3.63) is 18.0 Å². The van der Waals surface area contributed by atoms with Gasteiger partial charge in [-0.2, -0.15) is 5.10 Å². The predicted molar refractivity (Wildman–Crippen MR) is 57.9 cm³/mol. The summed E-state index contributed by atoms with van der Waals surface area (Å²) < 4.78 is 0. The molecule has 1 atom stereocenters. The van der Waals surface area contributed by atoms with Crippen LogP contribution in [0.25, 0.3) is 0 Å². The van der Waals surface area contributed by atoms with Gasteiger partial charge in [0.15, 0.2) is 0 Å². The second kappa shape index (κ2) is 4.93. The van der Waals surface area contributed by atoms with E-state index < -0.39 is 5.41 Å². The quantitative estimate of drug-likeness (QED) is 0.657. The third-order valence-corrected chi connectivity index (χ3v) is 2.78. The monoisotopic (exact) mass is 210 g/mol. The van der Waals surface area contributed by atoms with Crippen LogP contribution in [0.3, 0.4) is 0 Å². The van der Waals surface area contributed by atoms with Crippen molar-refractivity contribution in [2.75, 3.05) is 6.54 Å². The highest BCUT2D eigenvalue weighted by Crippen LogP contribution is 2.19. The summed E-state index contributed by atoms with van der Waals surface area (Å²) in [6, 6.07) is 1.83. The first-order valence-electron chi connectivity index (χ1n) is 5.09. The Morgan fingerprint density at radius 1 is 1.73 bits per heavy atom. The number of aromatic amines is 1. The maximum absolute atomic E-state index is 11.8. The molecule has 0 saturated carbocycles. The molecular formula is C10H18N4O. The highest BCUT2D eigenvalue weighted by atomic mass is 16.2. The standard InChI is InChI=1S/C10H18N4O/c1-3-10(2,7-11)9(15)12-6-8-4-5-13-14-8/h4-5H,3,6-7,11H2,1-2H3,(H,12,15)(H,13,14). The van der Waals surface area contributed by atoms with Gasteiger partial charge >= 0.3 is 0 Å². The number of hydrogen-bond donors (Lipinski definition) is 3. The first-order valence-corrected chi connectivity index (χ1v) is 5.09. The van der Waals surface area contributed by atoms with E-state index >= 15 is 0 Å². The summed E-state index contributed by atoms with van der Waals surface area (Å²) in [5.41, 5.74) is 6.00. The Labute approximate surface area is 89.4 Å². The predicted octanol–water partition coefficient (Wildman–Crippen LogP) is 0.401. The third-order valence-electron chi connectivity index (χ3n) is 2.78. The van der Waals surface area contributed by atoms with E-state index in [4.69, 9.17) is 5.73 Å². The number of nitrogens with zero attached hydrogens (tertiary/aromatic N) is 1. The summed E-state index contributed by atoms with van der Waals surface area (Å²) in [5.74, 6) is -0.0119. The minimum Gasteiger partial charge on any atom is -0.350 e. The van der Waals surface area contributed by atoms with E-state index in [9.17, 15) is 4.79 Å². The van der Waals surface area contributed by atoms with Gasteiger partial charge in [0.05, 0.1) is 17.7 Å². The molecule has 1 unspecified atom stereocenters. The molecule has 1 aromatic rings. The first-order chi connectivity index (χ1) is 7.12. The molecule has 0 aliphatic rings. The summed E-state index contributed by atoms with van der Waals surface area (Å²) in [7, 11) is 0. The lowest BCUT2D eigenvalue weighted by molar-refractivity contribution is -0.130. The molecule has 1 heterocycles. The van der Waals surface area contributed by atoms with Gasteiger partial charge in [0.2, 0.25) is 5.91 Å². The van der Waals surface area contributed by atoms with Crippen LogP contribution in [-0.4, -0.2) is 22.6 Å². The van der Waals surface area contributed by atoms with Gasteiger partial charge in [-0.1, -0.05) is 6.92 Å². The fraction of sp³-hybridized carbons (Fsp3) is 0.600. The van der Waals surface area contributed by atoms with Crippen LogP contribution in [0.4, 0.5) is 0 Å². The van der Waals surface area contributed by atoms with Crippen LogP contribution in [-0.2, 0) is 11.3 Å². The second-order valence-corrected chi connectivity index (χ2v) is 3.88. The van der Waals surface area contributed by atoms with Crippen LogP contribution < -0.4 is 11.1 Å². The summed E-state index contributed by atoms with van der Waals surface area (Å²) >= 11 is 0. The smallest absolute Gasteiger partial charge is 0.227 e. The van der Waals surface area contributed by atoms with Crippen LogP contribution in [0.5, 0.6) is 0 Å². The Kier molecular flexibility index (Phi) is 3.85. The van der Waals surface area contributed by atoms with Gasteiger partial charge in [-0.15, -0.1) is 0 Å². The maximum atomic E-state index is 11.8. The number of aromatic nitrogens is 2. The van der Waals surface area contributed by atoms with E-state index in [0.29, 0.717) is 13.1 Å². The second-order valence-electron chi connectivity index (χ2n) is 3.88. The number of amides is 1. The SMILES string of the molecule is CCC(C)(CN)C(=O)NCc1ccn[nH]1. The Morgan fingerprint density at radius 2 is 2.47 bits per heavy atom. The Balaban J connectivity index is 2.48. The zero-order valence-electron chi connectivity index (χ0n) is 9.21. The Hall–Kier alpha value is -1.36. The van der Waals surface area contributed by atoms with Gasteiger partial charge in [0.1, 0.15) is 0 Å². The largest absolute Gasteiger partial charge is 0.350 e. The molecule has 0 fully saturated rings. The molecule has 0 aliphatic heterocycles. The number of nitrogens with two attached hydrogens (primary N) is 1. The van der Waals surface area contributed by atoms with E-state index in [1.54, 1.807) is 6.20 Å². The molecule has 5 heteroatoms. The van der Waals surface area contributed by atoms with Crippen molar-refractivity contribution < 1.29 is 4.79 Å². The van der Waals surface area contributed by atoms with Crippen molar-refractivity contribution in [1.29, 1.82) is 0 Å².